The van der Waals surface area contributed by atoms with E-state index in [9.17, 15) is 4.79 Å². The Labute approximate surface area is 145 Å². The van der Waals surface area contributed by atoms with Crippen LogP contribution in [0.1, 0.15) is 57.6 Å². The molecule has 128 valence electrons. The monoisotopic (exact) mass is 325 g/mol. The number of carbonyl (C=O) groups is 1. The number of anilines is 1. The summed E-state index contributed by atoms with van der Waals surface area (Å²) in [6.07, 6.45) is -0.565. The molecular formula is C21H27NO2. The van der Waals surface area contributed by atoms with E-state index < -0.39 is 6.10 Å². The number of carbonyl (C=O) groups excluding carboxylic acids is 1. The molecule has 0 aliphatic carbocycles. The fourth-order valence-corrected chi connectivity index (χ4v) is 2.66. The van der Waals surface area contributed by atoms with Gasteiger partial charge in [-0.3, -0.25) is 4.79 Å². The van der Waals surface area contributed by atoms with Gasteiger partial charge in [-0.1, -0.05) is 64.1 Å². The van der Waals surface area contributed by atoms with Crippen LogP contribution < -0.4 is 10.1 Å². The minimum absolute atomic E-state index is 0.137. The summed E-state index contributed by atoms with van der Waals surface area (Å²) >= 11 is 0. The highest BCUT2D eigenvalue weighted by Crippen LogP contribution is 2.27. The zero-order valence-corrected chi connectivity index (χ0v) is 15.2. The normalized spacial score (nSPS) is 12.3. The van der Waals surface area contributed by atoms with Gasteiger partial charge in [-0.15, -0.1) is 0 Å². The van der Waals surface area contributed by atoms with Gasteiger partial charge in [-0.2, -0.15) is 0 Å². The molecule has 3 heteroatoms. The second kappa shape index (κ2) is 8.00. The SMILES string of the molecule is CC(C)c1ccccc1NC(=O)[C@@H](C)Oc1ccccc1C(C)C. The van der Waals surface area contributed by atoms with Crippen molar-refractivity contribution in [2.24, 2.45) is 0 Å². The Morgan fingerprint density at radius 3 is 2.00 bits per heavy atom. The molecule has 2 aromatic carbocycles. The minimum atomic E-state index is -0.565. The van der Waals surface area contributed by atoms with Gasteiger partial charge >= 0.3 is 0 Å². The number of benzene rings is 2. The molecule has 1 N–H and O–H groups in total. The Morgan fingerprint density at radius 2 is 1.38 bits per heavy atom. The molecule has 0 radical (unpaired) electrons. The van der Waals surface area contributed by atoms with Crippen LogP contribution in [-0.2, 0) is 4.79 Å². The Hall–Kier alpha value is -2.29. The van der Waals surface area contributed by atoms with Gasteiger partial charge in [0.25, 0.3) is 5.91 Å². The van der Waals surface area contributed by atoms with Gasteiger partial charge < -0.3 is 10.1 Å². The van der Waals surface area contributed by atoms with Crippen molar-refractivity contribution in [1.29, 1.82) is 0 Å². The Balaban J connectivity index is 2.11. The van der Waals surface area contributed by atoms with Gasteiger partial charge in [0, 0.05) is 5.69 Å². The first kappa shape index (κ1) is 18.1. The van der Waals surface area contributed by atoms with Crippen molar-refractivity contribution in [3.8, 4) is 5.75 Å². The third-order valence-corrected chi connectivity index (χ3v) is 4.05. The predicted octanol–water partition coefficient (Wildman–Crippen LogP) is 5.34. The first-order valence-corrected chi connectivity index (χ1v) is 8.55. The van der Waals surface area contributed by atoms with Crippen LogP contribution >= 0.6 is 0 Å². The van der Waals surface area contributed by atoms with Crippen LogP contribution in [0.2, 0.25) is 0 Å². The number of hydrogen-bond donors (Lipinski definition) is 1. The number of rotatable bonds is 6. The van der Waals surface area contributed by atoms with Crippen LogP contribution in [0.15, 0.2) is 48.5 Å². The van der Waals surface area contributed by atoms with Crippen LogP contribution in [-0.4, -0.2) is 12.0 Å². The first-order chi connectivity index (χ1) is 11.4. The molecule has 1 amide bonds. The highest BCUT2D eigenvalue weighted by atomic mass is 16.5. The van der Waals surface area contributed by atoms with Crippen LogP contribution in [0.5, 0.6) is 5.75 Å². The molecule has 2 aromatic rings. The lowest BCUT2D eigenvalue weighted by Crippen LogP contribution is -2.30. The molecule has 0 saturated carbocycles. The number of hydrogen-bond acceptors (Lipinski definition) is 2. The lowest BCUT2D eigenvalue weighted by atomic mass is 10.0. The van der Waals surface area contributed by atoms with Crippen molar-refractivity contribution in [2.45, 2.75) is 52.6 Å². The number of ether oxygens (including phenoxy) is 1. The van der Waals surface area contributed by atoms with E-state index in [1.54, 1.807) is 6.92 Å². The standard InChI is InChI=1S/C21H27NO2/c1-14(2)17-10-6-8-12-19(17)22-21(23)16(5)24-20-13-9-7-11-18(20)15(3)4/h6-16H,1-5H3,(H,22,23)/t16-/m1/s1. The summed E-state index contributed by atoms with van der Waals surface area (Å²) in [5, 5.41) is 3.00. The van der Waals surface area contributed by atoms with E-state index in [0.717, 1.165) is 22.6 Å². The summed E-state index contributed by atoms with van der Waals surface area (Å²) in [5.41, 5.74) is 3.09. The van der Waals surface area contributed by atoms with Gasteiger partial charge in [0.05, 0.1) is 0 Å². The number of amides is 1. The summed E-state index contributed by atoms with van der Waals surface area (Å²) in [5.74, 6) is 1.33. The van der Waals surface area contributed by atoms with Gasteiger partial charge in [0.1, 0.15) is 5.75 Å². The molecule has 1 atom stereocenters. The van der Waals surface area contributed by atoms with Crippen molar-refractivity contribution in [2.75, 3.05) is 5.32 Å². The number of nitrogens with one attached hydrogen (secondary N) is 1. The average Bonchev–Trinajstić information content (AvgIpc) is 2.55. The van der Waals surface area contributed by atoms with E-state index in [1.165, 1.54) is 0 Å². The lowest BCUT2D eigenvalue weighted by Gasteiger charge is -2.20. The van der Waals surface area contributed by atoms with Gasteiger partial charge in [-0.25, -0.2) is 0 Å². The van der Waals surface area contributed by atoms with Gasteiger partial charge in [0.2, 0.25) is 0 Å². The summed E-state index contributed by atoms with van der Waals surface area (Å²) < 4.78 is 5.93. The van der Waals surface area contributed by atoms with Crippen molar-refractivity contribution < 1.29 is 9.53 Å². The van der Waals surface area contributed by atoms with Crippen LogP contribution in [0.4, 0.5) is 5.69 Å². The number of para-hydroxylation sites is 2. The Kier molecular flexibility index (Phi) is 6.02. The maximum absolute atomic E-state index is 12.5. The maximum atomic E-state index is 12.5. The van der Waals surface area contributed by atoms with Crippen molar-refractivity contribution in [3.05, 3.63) is 59.7 Å². The second-order valence-electron chi connectivity index (χ2n) is 6.68. The quantitative estimate of drug-likeness (QED) is 0.778. The molecule has 2 rings (SSSR count). The van der Waals surface area contributed by atoms with E-state index in [1.807, 2.05) is 48.5 Å². The molecule has 0 aromatic heterocycles. The summed E-state index contributed by atoms with van der Waals surface area (Å²) in [6.45, 7) is 10.2. The van der Waals surface area contributed by atoms with Crippen LogP contribution in [0.3, 0.4) is 0 Å². The average molecular weight is 325 g/mol. The lowest BCUT2D eigenvalue weighted by molar-refractivity contribution is -0.122. The Bertz CT molecular complexity index is 692. The van der Waals surface area contributed by atoms with Crippen LogP contribution in [0.25, 0.3) is 0 Å². The Morgan fingerprint density at radius 1 is 0.833 bits per heavy atom. The van der Waals surface area contributed by atoms with E-state index >= 15 is 0 Å². The largest absolute Gasteiger partial charge is 0.481 e. The predicted molar refractivity (Wildman–Crippen MR) is 99.8 cm³/mol. The van der Waals surface area contributed by atoms with Gasteiger partial charge in [0.15, 0.2) is 6.10 Å². The molecule has 0 unspecified atom stereocenters. The molecule has 0 aliphatic rings. The molecule has 3 nitrogen and oxygen atoms in total. The van der Waals surface area contributed by atoms with Gasteiger partial charge in [-0.05, 0) is 42.0 Å². The van der Waals surface area contributed by atoms with E-state index in [0.29, 0.717) is 11.8 Å². The fraction of sp³-hybridized carbons (Fsp3) is 0.381. The van der Waals surface area contributed by atoms with Crippen molar-refractivity contribution in [3.63, 3.8) is 0 Å². The third kappa shape index (κ3) is 4.38. The molecule has 0 fully saturated rings. The van der Waals surface area contributed by atoms with E-state index in [4.69, 9.17) is 4.74 Å². The summed E-state index contributed by atoms with van der Waals surface area (Å²) in [6, 6.07) is 15.8. The van der Waals surface area contributed by atoms with Crippen LogP contribution in [0, 0.1) is 0 Å². The topological polar surface area (TPSA) is 38.3 Å². The molecular weight excluding hydrogens is 298 g/mol. The summed E-state index contributed by atoms with van der Waals surface area (Å²) in [7, 11) is 0. The summed E-state index contributed by atoms with van der Waals surface area (Å²) in [4.78, 5) is 12.5. The maximum Gasteiger partial charge on any atom is 0.265 e. The van der Waals surface area contributed by atoms with Crippen molar-refractivity contribution in [1.82, 2.24) is 0 Å². The van der Waals surface area contributed by atoms with E-state index in [2.05, 4.69) is 33.0 Å². The molecule has 0 spiro atoms. The molecule has 0 bridgehead atoms. The molecule has 0 aliphatic heterocycles. The molecule has 0 saturated heterocycles. The van der Waals surface area contributed by atoms with E-state index in [-0.39, 0.29) is 5.91 Å². The first-order valence-electron chi connectivity index (χ1n) is 8.55. The smallest absolute Gasteiger partial charge is 0.265 e. The van der Waals surface area contributed by atoms with Crippen molar-refractivity contribution >= 4 is 11.6 Å². The highest BCUT2D eigenvalue weighted by molar-refractivity contribution is 5.94. The fourth-order valence-electron chi connectivity index (χ4n) is 2.66. The highest BCUT2D eigenvalue weighted by Gasteiger charge is 2.18. The second-order valence-corrected chi connectivity index (χ2v) is 6.68. The zero-order chi connectivity index (χ0) is 17.7. The third-order valence-electron chi connectivity index (χ3n) is 4.05. The molecule has 24 heavy (non-hydrogen) atoms. The molecule has 0 heterocycles. The minimum Gasteiger partial charge on any atom is -0.481 e. The zero-order valence-electron chi connectivity index (χ0n) is 15.2.